The Morgan fingerprint density at radius 1 is 0.285 bits per heavy atom. The molecule has 16 aromatic heterocycles. The maximum Gasteiger partial charge on any atom is 0.322 e. The summed E-state index contributed by atoms with van der Waals surface area (Å²) in [5.41, 5.74) is 6.74. The molecular formula is C112H92F4N24O4. The highest BCUT2D eigenvalue weighted by atomic mass is 19.1. The van der Waals surface area contributed by atoms with E-state index in [9.17, 15) is 0 Å². The molecule has 0 atom stereocenters. The van der Waals surface area contributed by atoms with Crippen molar-refractivity contribution in [1.29, 1.82) is 0 Å². The molecule has 0 bridgehead atoms. The van der Waals surface area contributed by atoms with Gasteiger partial charge in [-0.25, -0.2) is 117 Å². The van der Waals surface area contributed by atoms with Crippen LogP contribution in [0.1, 0.15) is 148 Å². The highest BCUT2D eigenvalue weighted by Gasteiger charge is 2.32. The molecule has 20 aromatic rings. The van der Waals surface area contributed by atoms with Crippen molar-refractivity contribution in [3.05, 3.63) is 308 Å². The van der Waals surface area contributed by atoms with E-state index in [1.807, 2.05) is 13.8 Å². The minimum Gasteiger partial charge on any atom is -0.421 e. The van der Waals surface area contributed by atoms with E-state index in [-0.39, 0.29) is 125 Å². The van der Waals surface area contributed by atoms with Crippen LogP contribution >= 0.6 is 0 Å². The molecule has 144 heavy (non-hydrogen) atoms. The number of benzene rings is 4. The van der Waals surface area contributed by atoms with Crippen LogP contribution in [0.4, 0.5) is 17.6 Å². The number of fused-ring (bicyclic) bond motifs is 4. The average Bonchev–Trinajstić information content (AvgIpc) is 1.56. The normalized spacial score (nSPS) is 14.2. The lowest BCUT2D eigenvalue weighted by Crippen LogP contribution is -2.01. The van der Waals surface area contributed by atoms with Crippen molar-refractivity contribution in [3.8, 4) is 186 Å². The van der Waals surface area contributed by atoms with Gasteiger partial charge in [0.25, 0.3) is 0 Å². The standard InChI is InChI=1S/4C28H23FN6O/c4*1-7-20-12-15(2)23(18(5)34-20)26-25(24-17(4)31-14-32-27(24)35(26)6)19-8-9-22(21(29)13-19)36-28-30-11-10-16(3)33-28/h4*1,8-14H,2-6H3/i8D,9D,13D;3D3,4D3,6D3;2D3,5D3,12D;2D3,5D3. The minimum atomic E-state index is -2.98. The monoisotopic (exact) mass is 1940 g/mol. The van der Waals surface area contributed by atoms with E-state index in [1.165, 1.54) is 90.7 Å². The second-order valence-corrected chi connectivity index (χ2v) is 32.3. The number of halogens is 4. The van der Waals surface area contributed by atoms with Gasteiger partial charge in [-0.15, -0.1) is 25.7 Å². The highest BCUT2D eigenvalue weighted by Crippen LogP contribution is 2.50. The molecule has 0 amide bonds. The second kappa shape index (κ2) is 40.1. The Morgan fingerprint density at radius 2 is 0.611 bits per heavy atom. The fourth-order valence-corrected chi connectivity index (χ4v) is 16.7. The third-order valence-corrected chi connectivity index (χ3v) is 22.9. The van der Waals surface area contributed by atoms with Gasteiger partial charge >= 0.3 is 24.0 Å². The van der Waals surface area contributed by atoms with Gasteiger partial charge in [-0.1, -0.05) is 47.9 Å². The van der Waals surface area contributed by atoms with Crippen molar-refractivity contribution in [2.75, 3.05) is 0 Å². The smallest absolute Gasteiger partial charge is 0.322 e. The van der Waals surface area contributed by atoms with Gasteiger partial charge in [-0.05, 0) is 252 Å². The Kier molecular flexibility index (Phi) is 19.5. The summed E-state index contributed by atoms with van der Waals surface area (Å²) in [6.45, 7) is -2.45. The molecule has 0 spiro atoms. The summed E-state index contributed by atoms with van der Waals surface area (Å²) >= 11 is 0. The molecule has 0 radical (unpaired) electrons. The second-order valence-electron chi connectivity index (χ2n) is 32.3. The lowest BCUT2D eigenvalue weighted by Gasteiger charge is -2.15. The number of terminal acetylenes is 4. The molecule has 0 aliphatic rings. The number of hydrogen-bond acceptors (Lipinski definition) is 24. The fraction of sp³-hybridized carbons (Fsp3) is 0.179. The number of aryl methyl sites for hydroxylation is 19. The van der Waals surface area contributed by atoms with Crippen molar-refractivity contribution in [2.45, 2.75) is 110 Å². The third kappa shape index (κ3) is 18.8. The average molecular weight is 1940 g/mol. The Bertz CT molecular complexity index is 9870. The number of ether oxygens (including phenoxy) is 4. The number of aromatic nitrogens is 24. The third-order valence-electron chi connectivity index (χ3n) is 22.9. The Labute approximate surface area is 862 Å². The quantitative estimate of drug-likeness (QED) is 0.0641. The van der Waals surface area contributed by atoms with Crippen LogP contribution in [0.25, 0.3) is 134 Å². The van der Waals surface area contributed by atoms with E-state index >= 15 is 17.6 Å². The number of pyridine rings is 4. The molecule has 0 N–H and O–H groups in total. The first kappa shape index (κ1) is 70.1. The number of rotatable bonds is 16. The molecule has 0 saturated carbocycles. The van der Waals surface area contributed by atoms with Crippen molar-refractivity contribution in [2.24, 2.45) is 28.1 Å². The van der Waals surface area contributed by atoms with Crippen LogP contribution < -0.4 is 18.9 Å². The molecule has 0 unspecified atom stereocenters. The topological polar surface area (TPSA) is 314 Å². The molecule has 4 aromatic carbocycles. The first-order chi connectivity index (χ1) is 79.3. The molecular weight excluding hydrogens is 1820 g/mol. The Hall–Kier alpha value is -18.6. The number of hydrogen-bond donors (Lipinski definition) is 0. The van der Waals surface area contributed by atoms with E-state index in [1.54, 1.807) is 122 Å². The predicted molar refractivity (Wildman–Crippen MR) is 544 cm³/mol. The molecule has 0 saturated heterocycles. The van der Waals surface area contributed by atoms with Gasteiger partial charge in [0.15, 0.2) is 46.3 Å². The summed E-state index contributed by atoms with van der Waals surface area (Å²) in [4.78, 5) is 83.4. The zero-order valence-corrected chi connectivity index (χ0v) is 78.5. The molecule has 0 fully saturated rings. The van der Waals surface area contributed by atoms with Crippen LogP contribution in [0.3, 0.4) is 0 Å². The first-order valence-electron chi connectivity index (χ1n) is 55.7. The maximum atomic E-state index is 15.8. The molecule has 712 valence electrons. The van der Waals surface area contributed by atoms with Gasteiger partial charge in [0, 0.05) is 193 Å². The molecule has 28 nitrogen and oxygen atoms in total. The van der Waals surface area contributed by atoms with E-state index in [2.05, 4.69) is 123 Å². The Balaban J connectivity index is 0.000000150. The summed E-state index contributed by atoms with van der Waals surface area (Å²) < 4.78 is 297. The molecule has 20 rings (SSSR count). The zero-order valence-electron chi connectivity index (χ0n) is 104. The van der Waals surface area contributed by atoms with Gasteiger partial charge < -0.3 is 37.2 Å². The Morgan fingerprint density at radius 3 is 0.972 bits per heavy atom. The van der Waals surface area contributed by atoms with Crippen LogP contribution in [0, 0.1) is 183 Å². The van der Waals surface area contributed by atoms with E-state index in [0.29, 0.717) is 124 Å². The van der Waals surface area contributed by atoms with Gasteiger partial charge in [-0.2, -0.15) is 0 Å². The molecule has 32 heteroatoms. The predicted octanol–water partition coefficient (Wildman–Crippen LogP) is 22.5. The summed E-state index contributed by atoms with van der Waals surface area (Å²) in [6, 6.07) is 19.6. The van der Waals surface area contributed by atoms with Crippen LogP contribution in [0.15, 0.2) is 171 Å². The summed E-state index contributed by atoms with van der Waals surface area (Å²) in [7, 11) is 4.96. The SMILES string of the molecule is [2H]C([2H])([2H])c1cc(C#C)nc(C([2H])([2H])[2H])c1-c1c(-c2ccc(Oc3nccc(C)n3)c(F)c2)c2c(C)ncnc2n1C.[2H]C([2H])([2H])c1ccnc(Oc2ccc(-c3c(-c4c(C)cc(C#C)nc4C)n(C([2H])([2H])[2H])c4ncnc(C([2H])([2H])[2H])c34)cc2F)n1.[2H]c1c(C#C)nc(C([2H])([2H])[2H])c(-c2c(-c3ccc(Oc4nccc(C)n4)c(F)c3)c3c(C)ncnc3n2C)c1C([2H])([2H])[2H].[2H]c1c([2H])c(-c2c(-c3c(C)cc(C#C)nc3C)n(C)c3ncnc(C)c23)c([2H])c(F)c1Oc1nccc(C)n1. The first-order valence-corrected chi connectivity index (χ1v) is 43.2. The highest BCUT2D eigenvalue weighted by molar-refractivity contribution is 6.09. The maximum absolute atomic E-state index is 15.8. The summed E-state index contributed by atoms with van der Waals surface area (Å²) in [5, 5.41) is 1.30. The van der Waals surface area contributed by atoms with Gasteiger partial charge in [0.05, 0.1) is 51.0 Å². The van der Waals surface area contributed by atoms with Crippen LogP contribution in [-0.4, -0.2) is 118 Å². The minimum absolute atomic E-state index is 0.00357. The van der Waals surface area contributed by atoms with Crippen LogP contribution in [0.2, 0.25) is 0 Å². The molecule has 0 aliphatic heterocycles. The van der Waals surface area contributed by atoms with Crippen molar-refractivity contribution < 1.29 is 70.8 Å². The van der Waals surface area contributed by atoms with E-state index in [0.717, 1.165) is 34.8 Å². The van der Waals surface area contributed by atoms with Gasteiger partial charge in [-0.3, -0.25) is 0 Å². The van der Waals surface area contributed by atoms with Gasteiger partial charge in [0.1, 0.15) is 70.7 Å². The number of nitrogens with zero attached hydrogens (tertiary/aromatic N) is 24. The van der Waals surface area contributed by atoms with E-state index < -0.39 is 136 Å². The molecule has 0 aliphatic carbocycles. The molecule has 16 heterocycles. The lowest BCUT2D eigenvalue weighted by molar-refractivity contribution is 0.410. The fourth-order valence-electron chi connectivity index (χ4n) is 16.7. The summed E-state index contributed by atoms with van der Waals surface area (Å²) in [6.07, 6.45) is 32.8. The van der Waals surface area contributed by atoms with Crippen molar-refractivity contribution in [3.63, 3.8) is 0 Å². The van der Waals surface area contributed by atoms with Gasteiger partial charge in [0.2, 0.25) is 0 Å². The zero-order chi connectivity index (χ0) is 123. The van der Waals surface area contributed by atoms with Crippen molar-refractivity contribution >= 4 is 44.1 Å². The van der Waals surface area contributed by atoms with Crippen LogP contribution in [-0.2, 0) is 28.1 Å². The lowest BCUT2D eigenvalue weighted by atomic mass is 9.94. The largest absolute Gasteiger partial charge is 0.421 e. The van der Waals surface area contributed by atoms with Crippen LogP contribution in [0.5, 0.6) is 47.0 Å². The summed E-state index contributed by atoms with van der Waals surface area (Å²) in [5.74, 6) is 4.46. The van der Waals surface area contributed by atoms with E-state index in [4.69, 9.17) is 78.9 Å². The van der Waals surface area contributed by atoms with Crippen molar-refractivity contribution in [1.82, 2.24) is 118 Å².